The molecule has 0 aliphatic heterocycles. The minimum Gasteiger partial charge on any atom is -0.395 e. The third kappa shape index (κ3) is 4.05. The number of aliphatic hydroxyl groups is 1. The van der Waals surface area contributed by atoms with Gasteiger partial charge in [0.1, 0.15) is 0 Å². The van der Waals surface area contributed by atoms with Crippen LogP contribution in [0.25, 0.3) is 0 Å². The fourth-order valence-electron chi connectivity index (χ4n) is 0.370. The van der Waals surface area contributed by atoms with Gasteiger partial charge < -0.3 is 10.4 Å². The summed E-state index contributed by atoms with van der Waals surface area (Å²) in [4.78, 5) is 0. The molecule has 0 amide bonds. The lowest BCUT2D eigenvalue weighted by Gasteiger charge is -2.05. The molecule has 0 saturated carbocycles. The molecule has 3 nitrogen and oxygen atoms in total. The van der Waals surface area contributed by atoms with Crippen molar-refractivity contribution in [1.29, 1.82) is 0 Å². The van der Waals surface area contributed by atoms with E-state index in [2.05, 4.69) is 5.32 Å². The Bertz CT molecular complexity index is 49.7. The van der Waals surface area contributed by atoms with Crippen LogP contribution < -0.4 is 5.32 Å². The lowest BCUT2D eigenvalue weighted by atomic mass is 10.4. The Morgan fingerprint density at radius 1 is 1.75 bits per heavy atom. The maximum absolute atomic E-state index is 9.99. The average molecular weight is 118 g/mol. The Balaban J connectivity index is 2.86. The highest BCUT2D eigenvalue weighted by Gasteiger charge is 1.95. The normalized spacial score (nSPS) is 13.9. The monoisotopic (exact) mass is 118 g/mol. The van der Waals surface area contributed by atoms with Crippen LogP contribution in [0.5, 0.6) is 0 Å². The Labute approximate surface area is 49.3 Å². The maximum Gasteiger partial charge on any atom is 0.0972 e. The molecule has 0 fully saturated rings. The van der Waals surface area contributed by atoms with Gasteiger partial charge in [-0.3, -0.25) is 0 Å². The molecule has 0 bridgehead atoms. The zero-order chi connectivity index (χ0) is 6.41. The number of nitrogens with one attached hydrogen (secondary N) is 1. The molecular formula is C5H12NO2. The summed E-state index contributed by atoms with van der Waals surface area (Å²) >= 11 is 0. The third-order valence-electron chi connectivity index (χ3n) is 0.855. The summed E-state index contributed by atoms with van der Waals surface area (Å²) in [6, 6.07) is -0.0119. The second kappa shape index (κ2) is 5.03. The van der Waals surface area contributed by atoms with E-state index in [0.29, 0.717) is 6.54 Å². The standard InChI is InChI=1S/C5H12NO2/c1-5(4-8)6-2-3-7/h5-7H,2-4H2,1H3. The average Bonchev–Trinajstić information content (AvgIpc) is 1.83. The second-order valence-electron chi connectivity index (χ2n) is 1.75. The maximum atomic E-state index is 9.99. The van der Waals surface area contributed by atoms with Crippen LogP contribution in [0.2, 0.25) is 0 Å². The molecule has 49 valence electrons. The van der Waals surface area contributed by atoms with Gasteiger partial charge in [0.2, 0.25) is 0 Å². The molecule has 8 heavy (non-hydrogen) atoms. The number of aliphatic hydroxyl groups excluding tert-OH is 1. The smallest absolute Gasteiger partial charge is 0.0972 e. The van der Waals surface area contributed by atoms with Crippen molar-refractivity contribution in [1.82, 2.24) is 5.32 Å². The van der Waals surface area contributed by atoms with Crippen LogP contribution in [0.15, 0.2) is 0 Å². The Morgan fingerprint density at radius 3 is 2.75 bits per heavy atom. The highest BCUT2D eigenvalue weighted by Crippen LogP contribution is 1.74. The second-order valence-corrected chi connectivity index (χ2v) is 1.75. The van der Waals surface area contributed by atoms with Gasteiger partial charge in [-0.05, 0) is 6.92 Å². The van der Waals surface area contributed by atoms with Gasteiger partial charge in [-0.25, -0.2) is 5.11 Å². The minimum atomic E-state index is -0.125. The molecule has 1 radical (unpaired) electrons. The zero-order valence-corrected chi connectivity index (χ0v) is 5.05. The predicted molar refractivity (Wildman–Crippen MR) is 30.1 cm³/mol. The van der Waals surface area contributed by atoms with Crippen molar-refractivity contribution >= 4 is 0 Å². The summed E-state index contributed by atoms with van der Waals surface area (Å²) in [5, 5.41) is 21.1. The molecule has 0 aromatic heterocycles. The third-order valence-corrected chi connectivity index (χ3v) is 0.855. The SMILES string of the molecule is CC(C[O])NCCO. The quantitative estimate of drug-likeness (QED) is 0.517. The van der Waals surface area contributed by atoms with Gasteiger partial charge in [-0.2, -0.15) is 0 Å². The summed E-state index contributed by atoms with van der Waals surface area (Å²) in [5.74, 6) is 0. The molecule has 3 heteroatoms. The summed E-state index contributed by atoms with van der Waals surface area (Å²) in [7, 11) is 0. The fraction of sp³-hybridized carbons (Fsp3) is 1.00. The van der Waals surface area contributed by atoms with E-state index in [1.54, 1.807) is 6.92 Å². The van der Waals surface area contributed by atoms with E-state index in [1.165, 1.54) is 0 Å². The number of rotatable bonds is 4. The first kappa shape index (κ1) is 7.88. The van der Waals surface area contributed by atoms with E-state index < -0.39 is 0 Å². The summed E-state index contributed by atoms with van der Waals surface area (Å²) in [5.41, 5.74) is 0. The highest BCUT2D eigenvalue weighted by molar-refractivity contribution is 4.55. The van der Waals surface area contributed by atoms with Gasteiger partial charge >= 0.3 is 0 Å². The topological polar surface area (TPSA) is 52.2 Å². The van der Waals surface area contributed by atoms with Crippen LogP contribution in [0.1, 0.15) is 6.92 Å². The summed E-state index contributed by atoms with van der Waals surface area (Å²) in [6.45, 7) is 2.29. The van der Waals surface area contributed by atoms with Gasteiger partial charge in [-0.15, -0.1) is 0 Å². The van der Waals surface area contributed by atoms with Crippen LogP contribution in [-0.4, -0.2) is 30.9 Å². The largest absolute Gasteiger partial charge is 0.395 e. The molecule has 0 heterocycles. The minimum absolute atomic E-state index is 0.0119. The predicted octanol–water partition coefficient (Wildman–Crippen LogP) is -0.613. The van der Waals surface area contributed by atoms with Crippen molar-refractivity contribution in [3.05, 3.63) is 0 Å². The van der Waals surface area contributed by atoms with Gasteiger partial charge in [0, 0.05) is 12.6 Å². The Hall–Kier alpha value is -0.120. The fourth-order valence-corrected chi connectivity index (χ4v) is 0.370. The highest BCUT2D eigenvalue weighted by atomic mass is 16.3. The van der Waals surface area contributed by atoms with Crippen molar-refractivity contribution in [2.45, 2.75) is 13.0 Å². The molecule has 0 rings (SSSR count). The number of hydrogen-bond acceptors (Lipinski definition) is 2. The summed E-state index contributed by atoms with van der Waals surface area (Å²) in [6.07, 6.45) is 0. The first-order chi connectivity index (χ1) is 3.81. The molecule has 1 unspecified atom stereocenters. The van der Waals surface area contributed by atoms with E-state index in [4.69, 9.17) is 5.11 Å². The molecule has 0 spiro atoms. The number of hydrogen-bond donors (Lipinski definition) is 2. The first-order valence-corrected chi connectivity index (χ1v) is 2.73. The molecule has 0 aliphatic carbocycles. The first-order valence-electron chi connectivity index (χ1n) is 2.73. The van der Waals surface area contributed by atoms with E-state index >= 15 is 0 Å². The molecule has 0 aromatic rings. The van der Waals surface area contributed by atoms with Crippen LogP contribution in [-0.2, 0) is 5.11 Å². The molecule has 2 N–H and O–H groups in total. The van der Waals surface area contributed by atoms with Crippen LogP contribution in [0, 0.1) is 0 Å². The van der Waals surface area contributed by atoms with Gasteiger partial charge in [0.25, 0.3) is 0 Å². The summed E-state index contributed by atoms with van der Waals surface area (Å²) < 4.78 is 0. The van der Waals surface area contributed by atoms with Crippen molar-refractivity contribution in [3.63, 3.8) is 0 Å². The van der Waals surface area contributed by atoms with Gasteiger partial charge in [-0.1, -0.05) is 0 Å². The van der Waals surface area contributed by atoms with Crippen molar-refractivity contribution in [2.75, 3.05) is 19.8 Å². The lowest BCUT2D eigenvalue weighted by molar-refractivity contribution is 0.160. The van der Waals surface area contributed by atoms with Crippen molar-refractivity contribution in [2.24, 2.45) is 0 Å². The Kier molecular flexibility index (Phi) is 4.95. The molecule has 1 atom stereocenters. The van der Waals surface area contributed by atoms with Gasteiger partial charge in [0.05, 0.1) is 13.2 Å². The lowest BCUT2D eigenvalue weighted by Crippen LogP contribution is -2.31. The van der Waals surface area contributed by atoms with Crippen LogP contribution in [0.4, 0.5) is 0 Å². The van der Waals surface area contributed by atoms with Gasteiger partial charge in [0.15, 0.2) is 0 Å². The molecule has 0 aliphatic rings. The van der Waals surface area contributed by atoms with Crippen molar-refractivity contribution in [3.8, 4) is 0 Å². The van der Waals surface area contributed by atoms with E-state index in [1.807, 2.05) is 0 Å². The molecule has 0 saturated heterocycles. The van der Waals surface area contributed by atoms with E-state index in [-0.39, 0.29) is 19.3 Å². The van der Waals surface area contributed by atoms with Crippen LogP contribution in [0.3, 0.4) is 0 Å². The molecular weight excluding hydrogens is 106 g/mol. The van der Waals surface area contributed by atoms with Crippen molar-refractivity contribution < 1.29 is 10.2 Å². The Morgan fingerprint density at radius 2 is 2.38 bits per heavy atom. The van der Waals surface area contributed by atoms with Crippen LogP contribution >= 0.6 is 0 Å². The van der Waals surface area contributed by atoms with E-state index in [0.717, 1.165) is 0 Å². The molecule has 0 aromatic carbocycles. The van der Waals surface area contributed by atoms with E-state index in [9.17, 15) is 5.11 Å². The zero-order valence-electron chi connectivity index (χ0n) is 5.05.